The summed E-state index contributed by atoms with van der Waals surface area (Å²) in [6.07, 6.45) is 2.18. The van der Waals surface area contributed by atoms with Gasteiger partial charge in [0.15, 0.2) is 0 Å². The van der Waals surface area contributed by atoms with Crippen molar-refractivity contribution in [2.75, 3.05) is 12.4 Å². The monoisotopic (exact) mass is 367 g/mol. The van der Waals surface area contributed by atoms with Gasteiger partial charge in [-0.25, -0.2) is 0 Å². The minimum atomic E-state index is -0.216. The van der Waals surface area contributed by atoms with E-state index in [1.54, 1.807) is 31.4 Å². The van der Waals surface area contributed by atoms with Crippen LogP contribution in [0.3, 0.4) is 0 Å². The number of benzene rings is 2. The first-order valence-corrected chi connectivity index (χ1v) is 8.83. The lowest BCUT2D eigenvalue weighted by molar-refractivity contribution is 0.102. The third-order valence-corrected chi connectivity index (χ3v) is 4.70. The molecule has 1 amide bonds. The maximum atomic E-state index is 12.8. The first-order valence-electron chi connectivity index (χ1n) is 8.46. The van der Waals surface area contributed by atoms with Gasteiger partial charge in [0.25, 0.3) is 5.91 Å². The number of rotatable bonds is 5. The highest BCUT2D eigenvalue weighted by Crippen LogP contribution is 2.46. The van der Waals surface area contributed by atoms with E-state index in [1.807, 2.05) is 24.3 Å². The molecule has 0 spiro atoms. The second kappa shape index (κ2) is 6.84. The highest BCUT2D eigenvalue weighted by Gasteiger charge is 2.31. The minimum absolute atomic E-state index is 0.216. The van der Waals surface area contributed by atoms with Crippen molar-refractivity contribution in [1.29, 1.82) is 0 Å². The number of aromatic amines is 1. The molecule has 0 radical (unpaired) electrons. The second-order valence-corrected chi connectivity index (χ2v) is 6.74. The van der Waals surface area contributed by atoms with Crippen molar-refractivity contribution in [2.24, 2.45) is 0 Å². The number of carbonyl (C=O) groups excluding carboxylic acids is 1. The Hall–Kier alpha value is -2.79. The van der Waals surface area contributed by atoms with Crippen LogP contribution in [-0.2, 0) is 0 Å². The molecule has 6 heteroatoms. The second-order valence-electron chi connectivity index (χ2n) is 6.30. The fourth-order valence-corrected chi connectivity index (χ4v) is 3.19. The molecule has 2 N–H and O–H groups in total. The molecule has 1 aliphatic carbocycles. The Kier molecular flexibility index (Phi) is 4.39. The van der Waals surface area contributed by atoms with Gasteiger partial charge >= 0.3 is 0 Å². The summed E-state index contributed by atoms with van der Waals surface area (Å²) in [6.45, 7) is 0. The lowest BCUT2D eigenvalue weighted by Gasteiger charge is -2.11. The van der Waals surface area contributed by atoms with Crippen LogP contribution < -0.4 is 10.1 Å². The standard InChI is InChI=1S/C20H18ClN3O2/c1-26-16-8-3-2-7-15(16)18-19(17(23-24-18)12-9-10-12)22-20(25)13-5-4-6-14(21)11-13/h2-8,11-12H,9-10H2,1H3,(H,22,25)(H,23,24). The summed E-state index contributed by atoms with van der Waals surface area (Å²) in [5, 5.41) is 11.1. The number of halogens is 1. The van der Waals surface area contributed by atoms with Gasteiger partial charge in [0.2, 0.25) is 0 Å². The molecule has 1 fully saturated rings. The summed E-state index contributed by atoms with van der Waals surface area (Å²) in [7, 11) is 1.62. The molecule has 1 aromatic heterocycles. The van der Waals surface area contributed by atoms with Gasteiger partial charge in [0.05, 0.1) is 18.5 Å². The predicted molar refractivity (Wildman–Crippen MR) is 102 cm³/mol. The molecule has 4 rings (SSSR count). The number of carbonyl (C=O) groups is 1. The summed E-state index contributed by atoms with van der Waals surface area (Å²) in [6, 6.07) is 14.5. The van der Waals surface area contributed by atoms with Crippen LogP contribution in [0.4, 0.5) is 5.69 Å². The first kappa shape index (κ1) is 16.7. The molecule has 0 unspecified atom stereocenters. The number of hydrogen-bond acceptors (Lipinski definition) is 3. The zero-order chi connectivity index (χ0) is 18.1. The molecule has 1 aliphatic rings. The van der Waals surface area contributed by atoms with Crippen LogP contribution in [0.1, 0.15) is 34.8 Å². The Morgan fingerprint density at radius 3 is 2.77 bits per heavy atom. The van der Waals surface area contributed by atoms with E-state index in [-0.39, 0.29) is 5.91 Å². The van der Waals surface area contributed by atoms with E-state index in [2.05, 4.69) is 15.5 Å². The number of ether oxygens (including phenoxy) is 1. The number of anilines is 1. The van der Waals surface area contributed by atoms with Crippen molar-refractivity contribution < 1.29 is 9.53 Å². The van der Waals surface area contributed by atoms with E-state index >= 15 is 0 Å². The Bertz CT molecular complexity index is 963. The van der Waals surface area contributed by atoms with Crippen LogP contribution in [0, 0.1) is 0 Å². The van der Waals surface area contributed by atoms with E-state index in [0.717, 1.165) is 24.1 Å². The van der Waals surface area contributed by atoms with E-state index in [9.17, 15) is 4.79 Å². The number of amides is 1. The molecule has 0 bridgehead atoms. The highest BCUT2D eigenvalue weighted by atomic mass is 35.5. The number of nitrogens with one attached hydrogen (secondary N) is 2. The number of hydrogen-bond donors (Lipinski definition) is 2. The van der Waals surface area contributed by atoms with Crippen LogP contribution in [-0.4, -0.2) is 23.2 Å². The van der Waals surface area contributed by atoms with Gasteiger partial charge in [0, 0.05) is 22.1 Å². The van der Waals surface area contributed by atoms with Crippen molar-refractivity contribution in [2.45, 2.75) is 18.8 Å². The largest absolute Gasteiger partial charge is 0.496 e. The van der Waals surface area contributed by atoms with Crippen molar-refractivity contribution in [1.82, 2.24) is 10.2 Å². The van der Waals surface area contributed by atoms with Gasteiger partial charge in [-0.1, -0.05) is 29.8 Å². The summed E-state index contributed by atoms with van der Waals surface area (Å²) < 4.78 is 5.46. The van der Waals surface area contributed by atoms with Gasteiger partial charge in [-0.05, 0) is 43.2 Å². The third-order valence-electron chi connectivity index (χ3n) is 4.47. The van der Waals surface area contributed by atoms with Gasteiger partial charge in [-0.3, -0.25) is 9.89 Å². The molecular weight excluding hydrogens is 350 g/mol. The van der Waals surface area contributed by atoms with E-state index in [1.165, 1.54) is 0 Å². The van der Waals surface area contributed by atoms with Crippen LogP contribution in [0.15, 0.2) is 48.5 Å². The van der Waals surface area contributed by atoms with Crippen molar-refractivity contribution in [3.63, 3.8) is 0 Å². The average molecular weight is 368 g/mol. The Balaban J connectivity index is 1.75. The predicted octanol–water partition coefficient (Wildman–Crippen LogP) is 4.87. The number of aromatic nitrogens is 2. The molecule has 26 heavy (non-hydrogen) atoms. The zero-order valence-electron chi connectivity index (χ0n) is 14.3. The molecule has 0 aliphatic heterocycles. The van der Waals surface area contributed by atoms with Crippen LogP contribution in [0.2, 0.25) is 5.02 Å². The fraction of sp³-hybridized carbons (Fsp3) is 0.200. The Morgan fingerprint density at radius 2 is 2.04 bits per heavy atom. The summed E-state index contributed by atoms with van der Waals surface area (Å²) >= 11 is 6.01. The van der Waals surface area contributed by atoms with Crippen molar-refractivity contribution in [3.8, 4) is 17.0 Å². The zero-order valence-corrected chi connectivity index (χ0v) is 15.0. The fourth-order valence-electron chi connectivity index (χ4n) is 3.00. The quantitative estimate of drug-likeness (QED) is 0.676. The van der Waals surface area contributed by atoms with Crippen molar-refractivity contribution >= 4 is 23.2 Å². The summed E-state index contributed by atoms with van der Waals surface area (Å²) in [5.41, 5.74) is 3.69. The molecule has 3 aromatic rings. The van der Waals surface area contributed by atoms with E-state index in [4.69, 9.17) is 16.3 Å². The van der Waals surface area contributed by atoms with Crippen molar-refractivity contribution in [3.05, 3.63) is 64.8 Å². The number of para-hydroxylation sites is 1. The van der Waals surface area contributed by atoms with Crippen LogP contribution in [0.25, 0.3) is 11.3 Å². The molecule has 0 atom stereocenters. The normalized spacial score (nSPS) is 13.5. The molecule has 132 valence electrons. The third kappa shape index (κ3) is 3.18. The summed E-state index contributed by atoms with van der Waals surface area (Å²) in [4.78, 5) is 12.8. The maximum absolute atomic E-state index is 12.8. The molecule has 5 nitrogen and oxygen atoms in total. The molecule has 1 heterocycles. The minimum Gasteiger partial charge on any atom is -0.496 e. The topological polar surface area (TPSA) is 67.0 Å². The average Bonchev–Trinajstić information content (AvgIpc) is 3.42. The van der Waals surface area contributed by atoms with Gasteiger partial charge in [0.1, 0.15) is 11.4 Å². The van der Waals surface area contributed by atoms with Crippen LogP contribution in [0.5, 0.6) is 5.75 Å². The molecule has 0 saturated heterocycles. The van der Waals surface area contributed by atoms with Crippen LogP contribution >= 0.6 is 11.6 Å². The smallest absolute Gasteiger partial charge is 0.255 e. The number of H-pyrrole nitrogens is 1. The Labute approximate surface area is 156 Å². The van der Waals surface area contributed by atoms with E-state index in [0.29, 0.717) is 33.6 Å². The van der Waals surface area contributed by atoms with Gasteiger partial charge in [-0.15, -0.1) is 0 Å². The molecular formula is C20H18ClN3O2. The van der Waals surface area contributed by atoms with E-state index < -0.39 is 0 Å². The van der Waals surface area contributed by atoms with Gasteiger partial charge < -0.3 is 10.1 Å². The lowest BCUT2D eigenvalue weighted by Crippen LogP contribution is -2.13. The lowest BCUT2D eigenvalue weighted by atomic mass is 10.1. The number of methoxy groups -OCH3 is 1. The Morgan fingerprint density at radius 1 is 1.23 bits per heavy atom. The maximum Gasteiger partial charge on any atom is 0.255 e. The highest BCUT2D eigenvalue weighted by molar-refractivity contribution is 6.31. The number of nitrogens with zero attached hydrogens (tertiary/aromatic N) is 1. The summed E-state index contributed by atoms with van der Waals surface area (Å²) in [5.74, 6) is 0.896. The first-order chi connectivity index (χ1) is 12.7. The molecule has 2 aromatic carbocycles. The van der Waals surface area contributed by atoms with Gasteiger partial charge in [-0.2, -0.15) is 5.10 Å². The SMILES string of the molecule is COc1ccccc1-c1n[nH]c(C2CC2)c1NC(=O)c1cccc(Cl)c1. The molecule has 1 saturated carbocycles.